The molecule has 0 aliphatic carbocycles. The van der Waals surface area contributed by atoms with Crippen LogP contribution in [0.4, 0.5) is 0 Å². The van der Waals surface area contributed by atoms with E-state index in [-0.39, 0.29) is 18.3 Å². The number of rotatable bonds is 12. The summed E-state index contributed by atoms with van der Waals surface area (Å²) in [5.74, 6) is -1.14. The van der Waals surface area contributed by atoms with Gasteiger partial charge in [-0.3, -0.25) is 4.79 Å². The molecule has 1 aliphatic rings. The van der Waals surface area contributed by atoms with E-state index in [9.17, 15) is 4.79 Å². The Morgan fingerprint density at radius 1 is 1.27 bits per heavy atom. The second-order valence-electron chi connectivity index (χ2n) is 7.65. The lowest BCUT2D eigenvalue weighted by molar-refractivity contribution is -0.213. The first-order valence-corrected chi connectivity index (χ1v) is 10.4. The molecule has 0 saturated carbocycles. The van der Waals surface area contributed by atoms with Crippen LogP contribution in [0, 0.1) is 0 Å². The molecule has 6 nitrogen and oxygen atoms in total. The first-order valence-electron chi connectivity index (χ1n) is 10.4. The highest BCUT2D eigenvalue weighted by Gasteiger charge is 2.44. The van der Waals surface area contributed by atoms with E-state index < -0.39 is 18.0 Å². The molecule has 1 unspecified atom stereocenters. The average Bonchev–Trinajstić information content (AvgIpc) is 3.03. The minimum absolute atomic E-state index is 0.317. The van der Waals surface area contributed by atoms with E-state index in [0.29, 0.717) is 26.1 Å². The van der Waals surface area contributed by atoms with Crippen molar-refractivity contribution in [3.8, 4) is 0 Å². The normalized spacial score (nSPS) is 22.7. The number of benzene rings is 1. The van der Waals surface area contributed by atoms with Crippen LogP contribution in [-0.4, -0.2) is 43.0 Å². The standard InChI is InChI=1S/C24H34O6/c1-6-8-14-21(23-20(7-2)29-24(4,5)30-23)28-22(27-18(3)25)15-16-26-17-19-12-10-9-11-13-19/h6-13,20-23H,2,14-17H2,1,3-5H3/b8-6-/t20-,21+,22?,23-/m0/s1. The Kier molecular flexibility index (Phi) is 9.72. The lowest BCUT2D eigenvalue weighted by Crippen LogP contribution is -2.40. The molecule has 0 bridgehead atoms. The van der Waals surface area contributed by atoms with Gasteiger partial charge in [0.2, 0.25) is 6.29 Å². The summed E-state index contributed by atoms with van der Waals surface area (Å²) in [6.07, 6.45) is 4.87. The SMILES string of the molecule is C=C[C@@H]1OC(C)(C)O[C@@H]1[C@@H](C/C=C\C)OC(CCOCc1ccccc1)OC(C)=O. The van der Waals surface area contributed by atoms with E-state index in [1.165, 1.54) is 6.92 Å². The Morgan fingerprint density at radius 2 is 2.00 bits per heavy atom. The monoisotopic (exact) mass is 418 g/mol. The van der Waals surface area contributed by atoms with Gasteiger partial charge in [0.05, 0.1) is 19.3 Å². The molecular formula is C24H34O6. The molecule has 4 atom stereocenters. The summed E-state index contributed by atoms with van der Waals surface area (Å²) in [5.41, 5.74) is 1.08. The lowest BCUT2D eigenvalue weighted by atomic mass is 10.0. The Hall–Kier alpha value is -1.99. The van der Waals surface area contributed by atoms with Crippen molar-refractivity contribution in [2.75, 3.05) is 6.61 Å². The van der Waals surface area contributed by atoms with E-state index in [0.717, 1.165) is 5.56 Å². The second kappa shape index (κ2) is 12.0. The Bertz CT molecular complexity index is 684. The number of hydrogen-bond acceptors (Lipinski definition) is 6. The van der Waals surface area contributed by atoms with Crippen molar-refractivity contribution >= 4 is 5.97 Å². The van der Waals surface area contributed by atoms with Crippen molar-refractivity contribution < 1.29 is 28.5 Å². The number of allylic oxidation sites excluding steroid dienone is 1. The van der Waals surface area contributed by atoms with E-state index in [4.69, 9.17) is 23.7 Å². The molecule has 1 fully saturated rings. The molecule has 0 N–H and O–H groups in total. The maximum absolute atomic E-state index is 11.6. The van der Waals surface area contributed by atoms with Crippen LogP contribution >= 0.6 is 0 Å². The van der Waals surface area contributed by atoms with Crippen molar-refractivity contribution in [1.29, 1.82) is 0 Å². The van der Waals surface area contributed by atoms with Crippen LogP contribution in [0.5, 0.6) is 0 Å². The highest BCUT2D eigenvalue weighted by molar-refractivity contribution is 5.66. The fourth-order valence-electron chi connectivity index (χ4n) is 3.30. The molecule has 2 rings (SSSR count). The van der Waals surface area contributed by atoms with Crippen LogP contribution in [-0.2, 0) is 35.1 Å². The van der Waals surface area contributed by atoms with Crippen LogP contribution < -0.4 is 0 Å². The van der Waals surface area contributed by atoms with Crippen molar-refractivity contribution in [2.24, 2.45) is 0 Å². The van der Waals surface area contributed by atoms with Gasteiger partial charge in [0.25, 0.3) is 0 Å². The lowest BCUT2D eigenvalue weighted by Gasteiger charge is -2.29. The largest absolute Gasteiger partial charge is 0.436 e. The van der Waals surface area contributed by atoms with Crippen LogP contribution in [0.1, 0.15) is 46.1 Å². The fourth-order valence-corrected chi connectivity index (χ4v) is 3.30. The van der Waals surface area contributed by atoms with Crippen molar-refractivity contribution in [3.63, 3.8) is 0 Å². The number of carbonyl (C=O) groups is 1. The quantitative estimate of drug-likeness (QED) is 0.215. The molecule has 1 aromatic rings. The van der Waals surface area contributed by atoms with Crippen molar-refractivity contribution in [2.45, 2.75) is 77.5 Å². The average molecular weight is 419 g/mol. The summed E-state index contributed by atoms with van der Waals surface area (Å²) >= 11 is 0. The maximum Gasteiger partial charge on any atom is 0.304 e. The van der Waals surface area contributed by atoms with Gasteiger partial charge in [-0.25, -0.2) is 0 Å². The minimum atomic E-state index is -0.744. The van der Waals surface area contributed by atoms with Gasteiger partial charge in [-0.15, -0.1) is 6.58 Å². The Labute approximate surface area is 179 Å². The van der Waals surface area contributed by atoms with Gasteiger partial charge in [0, 0.05) is 13.3 Å². The zero-order valence-electron chi connectivity index (χ0n) is 18.4. The summed E-state index contributed by atoms with van der Waals surface area (Å²) < 4.78 is 29.3. The van der Waals surface area contributed by atoms with E-state index in [1.807, 2.05) is 63.3 Å². The molecule has 6 heteroatoms. The third-order valence-electron chi connectivity index (χ3n) is 4.60. The number of esters is 1. The topological polar surface area (TPSA) is 63.2 Å². The molecule has 0 amide bonds. The number of hydrogen-bond donors (Lipinski definition) is 0. The van der Waals surface area contributed by atoms with Gasteiger partial charge in [-0.1, -0.05) is 48.6 Å². The molecule has 1 aromatic carbocycles. The minimum Gasteiger partial charge on any atom is -0.436 e. The van der Waals surface area contributed by atoms with Crippen molar-refractivity contribution in [1.82, 2.24) is 0 Å². The van der Waals surface area contributed by atoms with E-state index in [2.05, 4.69) is 6.58 Å². The van der Waals surface area contributed by atoms with E-state index >= 15 is 0 Å². The highest BCUT2D eigenvalue weighted by Crippen LogP contribution is 2.33. The highest BCUT2D eigenvalue weighted by atomic mass is 16.8. The number of carbonyl (C=O) groups excluding carboxylic acids is 1. The fraction of sp³-hybridized carbons (Fsp3) is 0.542. The van der Waals surface area contributed by atoms with Crippen LogP contribution in [0.2, 0.25) is 0 Å². The first-order chi connectivity index (χ1) is 14.3. The number of ether oxygens (including phenoxy) is 5. The van der Waals surface area contributed by atoms with Gasteiger partial charge in [0.1, 0.15) is 12.2 Å². The zero-order chi connectivity index (χ0) is 22.0. The maximum atomic E-state index is 11.6. The predicted molar refractivity (Wildman–Crippen MR) is 115 cm³/mol. The van der Waals surface area contributed by atoms with Crippen LogP contribution in [0.25, 0.3) is 0 Å². The van der Waals surface area contributed by atoms with Crippen LogP contribution in [0.3, 0.4) is 0 Å². The molecule has 1 saturated heterocycles. The Morgan fingerprint density at radius 3 is 2.63 bits per heavy atom. The molecular weight excluding hydrogens is 384 g/mol. The van der Waals surface area contributed by atoms with Crippen molar-refractivity contribution in [3.05, 3.63) is 60.7 Å². The van der Waals surface area contributed by atoms with E-state index in [1.54, 1.807) is 6.08 Å². The smallest absolute Gasteiger partial charge is 0.304 e. The predicted octanol–water partition coefficient (Wildman–Crippen LogP) is 4.54. The molecule has 166 valence electrons. The summed E-state index contributed by atoms with van der Waals surface area (Å²) in [6.45, 7) is 11.8. The van der Waals surface area contributed by atoms with Gasteiger partial charge < -0.3 is 23.7 Å². The molecule has 0 spiro atoms. The summed E-state index contributed by atoms with van der Waals surface area (Å²) in [7, 11) is 0. The third-order valence-corrected chi connectivity index (χ3v) is 4.60. The second-order valence-corrected chi connectivity index (χ2v) is 7.65. The summed E-state index contributed by atoms with van der Waals surface area (Å²) in [4.78, 5) is 11.6. The third kappa shape index (κ3) is 8.03. The van der Waals surface area contributed by atoms with Gasteiger partial charge >= 0.3 is 5.97 Å². The first kappa shape index (κ1) is 24.3. The zero-order valence-corrected chi connectivity index (χ0v) is 18.4. The molecule has 0 aromatic heterocycles. The molecule has 1 aliphatic heterocycles. The molecule has 1 heterocycles. The summed E-state index contributed by atoms with van der Waals surface area (Å²) in [6, 6.07) is 9.90. The van der Waals surface area contributed by atoms with Gasteiger partial charge in [-0.05, 0) is 32.8 Å². The molecule has 0 radical (unpaired) electrons. The van der Waals surface area contributed by atoms with Gasteiger partial charge in [0.15, 0.2) is 5.79 Å². The van der Waals surface area contributed by atoms with Crippen LogP contribution in [0.15, 0.2) is 55.1 Å². The summed E-state index contributed by atoms with van der Waals surface area (Å²) in [5, 5.41) is 0. The Balaban J connectivity index is 2.00. The van der Waals surface area contributed by atoms with Gasteiger partial charge in [-0.2, -0.15) is 0 Å². The molecule has 30 heavy (non-hydrogen) atoms.